The van der Waals surface area contributed by atoms with Gasteiger partial charge in [0.1, 0.15) is 0 Å². The minimum atomic E-state index is -0.00963. The maximum Gasteiger partial charge on any atom is 0.158 e. The maximum absolute atomic E-state index is 5.57. The molecule has 3 heteroatoms. The second-order valence-electron chi connectivity index (χ2n) is 4.85. The molecule has 13 heavy (non-hydrogen) atoms. The molecule has 0 unspecified atom stereocenters. The van der Waals surface area contributed by atoms with Gasteiger partial charge in [-0.2, -0.15) is 0 Å². The van der Waals surface area contributed by atoms with Crippen molar-refractivity contribution in [3.05, 3.63) is 0 Å². The van der Waals surface area contributed by atoms with Crippen LogP contribution in [0.2, 0.25) is 0 Å². The van der Waals surface area contributed by atoms with E-state index in [0.29, 0.717) is 6.04 Å². The summed E-state index contributed by atoms with van der Waals surface area (Å²) in [4.78, 5) is 0. The molecule has 0 atom stereocenters. The van der Waals surface area contributed by atoms with Crippen LogP contribution in [-0.2, 0) is 9.47 Å². The minimum Gasteiger partial charge on any atom is -0.351 e. The second kappa shape index (κ2) is 4.40. The SMILES string of the molecule is CNC1COC(CC(C)(C)C)OC1. The van der Waals surface area contributed by atoms with Gasteiger partial charge in [0.2, 0.25) is 0 Å². The lowest BCUT2D eigenvalue weighted by molar-refractivity contribution is -0.200. The number of likely N-dealkylation sites (N-methyl/N-ethyl adjacent to an activating group) is 1. The molecule has 1 N–H and O–H groups in total. The zero-order valence-electron chi connectivity index (χ0n) is 9.09. The van der Waals surface area contributed by atoms with Gasteiger partial charge in [0.15, 0.2) is 6.29 Å². The van der Waals surface area contributed by atoms with Gasteiger partial charge in [-0.05, 0) is 12.5 Å². The number of rotatable bonds is 2. The fourth-order valence-electron chi connectivity index (χ4n) is 1.33. The van der Waals surface area contributed by atoms with Gasteiger partial charge in [0, 0.05) is 6.42 Å². The van der Waals surface area contributed by atoms with Crippen LogP contribution in [0.4, 0.5) is 0 Å². The third kappa shape index (κ3) is 4.07. The zero-order valence-corrected chi connectivity index (χ0v) is 9.09. The van der Waals surface area contributed by atoms with Crippen LogP contribution in [0.1, 0.15) is 27.2 Å². The number of hydrogen-bond acceptors (Lipinski definition) is 3. The predicted octanol–water partition coefficient (Wildman–Crippen LogP) is 1.38. The minimum absolute atomic E-state index is 0.00963. The number of hydrogen-bond donors (Lipinski definition) is 1. The molecule has 0 aromatic rings. The molecule has 0 spiro atoms. The second-order valence-corrected chi connectivity index (χ2v) is 4.85. The van der Waals surface area contributed by atoms with E-state index in [1.54, 1.807) is 0 Å². The molecule has 0 aliphatic carbocycles. The largest absolute Gasteiger partial charge is 0.351 e. The van der Waals surface area contributed by atoms with Gasteiger partial charge >= 0.3 is 0 Å². The Labute approximate surface area is 80.8 Å². The van der Waals surface area contributed by atoms with Gasteiger partial charge in [-0.1, -0.05) is 20.8 Å². The molecule has 0 aromatic heterocycles. The van der Waals surface area contributed by atoms with Crippen molar-refractivity contribution in [2.75, 3.05) is 20.3 Å². The highest BCUT2D eigenvalue weighted by Crippen LogP contribution is 2.24. The van der Waals surface area contributed by atoms with Gasteiger partial charge in [-0.3, -0.25) is 0 Å². The van der Waals surface area contributed by atoms with Crippen LogP contribution >= 0.6 is 0 Å². The highest BCUT2D eigenvalue weighted by molar-refractivity contribution is 4.71. The lowest BCUT2D eigenvalue weighted by Crippen LogP contribution is -2.43. The van der Waals surface area contributed by atoms with Gasteiger partial charge < -0.3 is 14.8 Å². The zero-order chi connectivity index (χ0) is 9.90. The first-order valence-corrected chi connectivity index (χ1v) is 4.92. The van der Waals surface area contributed by atoms with Crippen molar-refractivity contribution in [1.29, 1.82) is 0 Å². The van der Waals surface area contributed by atoms with Crippen LogP contribution in [0.15, 0.2) is 0 Å². The van der Waals surface area contributed by atoms with Crippen molar-refractivity contribution in [2.45, 2.75) is 39.5 Å². The lowest BCUT2D eigenvalue weighted by atomic mass is 9.92. The van der Waals surface area contributed by atoms with Crippen molar-refractivity contribution in [2.24, 2.45) is 5.41 Å². The Balaban J connectivity index is 2.25. The molecule has 0 saturated carbocycles. The van der Waals surface area contributed by atoms with Gasteiger partial charge in [0.25, 0.3) is 0 Å². The van der Waals surface area contributed by atoms with Crippen LogP contribution in [0.3, 0.4) is 0 Å². The van der Waals surface area contributed by atoms with Crippen molar-refractivity contribution >= 4 is 0 Å². The van der Waals surface area contributed by atoms with Crippen LogP contribution in [0.25, 0.3) is 0 Å². The average Bonchev–Trinajstić information content (AvgIpc) is 2.03. The fourth-order valence-corrected chi connectivity index (χ4v) is 1.33. The van der Waals surface area contributed by atoms with Crippen LogP contribution < -0.4 is 5.32 Å². The Kier molecular flexibility index (Phi) is 3.71. The number of nitrogens with one attached hydrogen (secondary N) is 1. The molecule has 1 rings (SSSR count). The Morgan fingerprint density at radius 3 is 2.15 bits per heavy atom. The monoisotopic (exact) mass is 187 g/mol. The Morgan fingerprint density at radius 1 is 1.23 bits per heavy atom. The standard InChI is InChI=1S/C10H21NO2/c1-10(2,3)5-9-12-6-8(11-4)7-13-9/h8-9,11H,5-7H2,1-4H3. The highest BCUT2D eigenvalue weighted by Gasteiger charge is 2.25. The molecular weight excluding hydrogens is 166 g/mol. The van der Waals surface area contributed by atoms with E-state index < -0.39 is 0 Å². The normalized spacial score (nSPS) is 30.5. The molecule has 1 fully saturated rings. The quantitative estimate of drug-likeness (QED) is 0.708. The van der Waals surface area contributed by atoms with Crippen molar-refractivity contribution in [3.63, 3.8) is 0 Å². The summed E-state index contributed by atoms with van der Waals surface area (Å²) in [6.45, 7) is 8.12. The van der Waals surface area contributed by atoms with Gasteiger partial charge in [0.05, 0.1) is 19.3 Å². The van der Waals surface area contributed by atoms with E-state index in [0.717, 1.165) is 19.6 Å². The summed E-state index contributed by atoms with van der Waals surface area (Å²) in [5.74, 6) is 0. The van der Waals surface area contributed by atoms with Gasteiger partial charge in [-0.25, -0.2) is 0 Å². The summed E-state index contributed by atoms with van der Waals surface area (Å²) in [6, 6.07) is 0.358. The van der Waals surface area contributed by atoms with E-state index in [4.69, 9.17) is 9.47 Å². The van der Waals surface area contributed by atoms with Crippen LogP contribution in [0, 0.1) is 5.41 Å². The summed E-state index contributed by atoms with van der Waals surface area (Å²) in [6.07, 6.45) is 0.952. The van der Waals surface area contributed by atoms with E-state index in [-0.39, 0.29) is 11.7 Å². The Bertz CT molecular complexity index is 145. The smallest absolute Gasteiger partial charge is 0.158 e. The average molecular weight is 187 g/mol. The maximum atomic E-state index is 5.57. The molecule has 0 radical (unpaired) electrons. The molecule has 78 valence electrons. The predicted molar refractivity (Wildman–Crippen MR) is 52.6 cm³/mol. The molecule has 0 amide bonds. The molecule has 1 saturated heterocycles. The summed E-state index contributed by atoms with van der Waals surface area (Å²) < 4.78 is 11.1. The Morgan fingerprint density at radius 2 is 1.77 bits per heavy atom. The molecule has 1 aliphatic heterocycles. The van der Waals surface area contributed by atoms with Gasteiger partial charge in [-0.15, -0.1) is 0 Å². The van der Waals surface area contributed by atoms with Crippen LogP contribution in [-0.4, -0.2) is 32.6 Å². The molecule has 3 nitrogen and oxygen atoms in total. The fraction of sp³-hybridized carbons (Fsp3) is 1.00. The summed E-state index contributed by atoms with van der Waals surface area (Å²) in [7, 11) is 1.93. The number of ether oxygens (including phenoxy) is 2. The topological polar surface area (TPSA) is 30.5 Å². The van der Waals surface area contributed by atoms with E-state index >= 15 is 0 Å². The van der Waals surface area contributed by atoms with Crippen LogP contribution in [0.5, 0.6) is 0 Å². The van der Waals surface area contributed by atoms with E-state index in [9.17, 15) is 0 Å². The Hall–Kier alpha value is -0.120. The van der Waals surface area contributed by atoms with Crippen molar-refractivity contribution in [1.82, 2.24) is 5.32 Å². The van der Waals surface area contributed by atoms with E-state index in [2.05, 4.69) is 26.1 Å². The molecular formula is C10H21NO2. The van der Waals surface area contributed by atoms with Crippen molar-refractivity contribution < 1.29 is 9.47 Å². The first-order valence-electron chi connectivity index (χ1n) is 4.92. The summed E-state index contributed by atoms with van der Waals surface area (Å²) in [5, 5.41) is 3.14. The summed E-state index contributed by atoms with van der Waals surface area (Å²) >= 11 is 0. The van der Waals surface area contributed by atoms with Crippen molar-refractivity contribution in [3.8, 4) is 0 Å². The molecule has 0 bridgehead atoms. The summed E-state index contributed by atoms with van der Waals surface area (Å²) in [5.41, 5.74) is 0.275. The highest BCUT2D eigenvalue weighted by atomic mass is 16.7. The molecule has 0 aromatic carbocycles. The first-order chi connectivity index (χ1) is 6.01. The third-order valence-electron chi connectivity index (χ3n) is 2.15. The molecule has 1 heterocycles. The molecule has 1 aliphatic rings. The third-order valence-corrected chi connectivity index (χ3v) is 2.15. The van der Waals surface area contributed by atoms with E-state index in [1.165, 1.54) is 0 Å². The first kappa shape index (κ1) is 11.0. The lowest BCUT2D eigenvalue weighted by Gasteiger charge is -2.32. The van der Waals surface area contributed by atoms with E-state index in [1.807, 2.05) is 7.05 Å².